The molecule has 3 heteroatoms. The summed E-state index contributed by atoms with van der Waals surface area (Å²) in [4.78, 5) is 4.73. The van der Waals surface area contributed by atoms with Gasteiger partial charge in [0.05, 0.1) is 0 Å². The molecular formula is C8H15FN2. The number of hydrogen-bond donors (Lipinski definition) is 0. The van der Waals surface area contributed by atoms with Gasteiger partial charge in [0.2, 0.25) is 0 Å². The number of fused-ring (bicyclic) bond motifs is 1. The van der Waals surface area contributed by atoms with Crippen molar-refractivity contribution in [1.82, 2.24) is 9.80 Å². The third-order valence-corrected chi connectivity index (χ3v) is 2.43. The summed E-state index contributed by atoms with van der Waals surface area (Å²) in [5, 5.41) is 0. The molecule has 2 aliphatic heterocycles. The van der Waals surface area contributed by atoms with E-state index in [2.05, 4.69) is 29.2 Å². The third kappa shape index (κ3) is 1.47. The maximum absolute atomic E-state index is 2.46. The molecule has 64 valence electrons. The summed E-state index contributed by atoms with van der Waals surface area (Å²) in [7, 11) is 2.14. The lowest BCUT2D eigenvalue weighted by molar-refractivity contribution is 0.248. The van der Waals surface area contributed by atoms with Gasteiger partial charge in [-0.2, -0.15) is 0 Å². The molecule has 0 aromatic rings. The van der Waals surface area contributed by atoms with E-state index in [-0.39, 0.29) is 4.70 Å². The van der Waals surface area contributed by atoms with Gasteiger partial charge in [-0.3, -0.25) is 4.70 Å². The first-order valence-corrected chi connectivity index (χ1v) is 4.00. The Balaban J connectivity index is 0.000000605. The van der Waals surface area contributed by atoms with Crippen LogP contribution < -0.4 is 0 Å². The Morgan fingerprint density at radius 1 is 1.36 bits per heavy atom. The summed E-state index contributed by atoms with van der Waals surface area (Å²) in [6.45, 7) is 2.49. The Kier molecular flexibility index (Phi) is 2.37. The molecule has 0 radical (unpaired) electrons. The van der Waals surface area contributed by atoms with E-state index in [1.807, 2.05) is 0 Å². The van der Waals surface area contributed by atoms with Crippen molar-refractivity contribution in [3.05, 3.63) is 12.4 Å². The van der Waals surface area contributed by atoms with Gasteiger partial charge >= 0.3 is 0 Å². The van der Waals surface area contributed by atoms with Gasteiger partial charge in [-0.05, 0) is 12.8 Å². The third-order valence-electron chi connectivity index (χ3n) is 2.43. The van der Waals surface area contributed by atoms with Gasteiger partial charge in [0.15, 0.2) is 0 Å². The van der Waals surface area contributed by atoms with E-state index in [9.17, 15) is 0 Å². The van der Waals surface area contributed by atoms with E-state index in [1.165, 1.54) is 25.9 Å². The number of hydrogen-bond acceptors (Lipinski definition) is 2. The van der Waals surface area contributed by atoms with Crippen molar-refractivity contribution in [2.75, 3.05) is 20.1 Å². The molecule has 1 unspecified atom stereocenters. The van der Waals surface area contributed by atoms with Crippen LogP contribution in [0.4, 0.5) is 4.70 Å². The summed E-state index contributed by atoms with van der Waals surface area (Å²) in [6.07, 6.45) is 7.15. The van der Waals surface area contributed by atoms with Gasteiger partial charge in [-0.25, -0.2) is 0 Å². The Bertz CT molecular complexity index is 158. The molecular weight excluding hydrogens is 143 g/mol. The Hall–Kier alpha value is -0.730. The van der Waals surface area contributed by atoms with E-state index >= 15 is 0 Å². The van der Waals surface area contributed by atoms with Crippen molar-refractivity contribution >= 4 is 0 Å². The molecule has 1 saturated heterocycles. The van der Waals surface area contributed by atoms with Gasteiger partial charge < -0.3 is 9.80 Å². The van der Waals surface area contributed by atoms with Crippen molar-refractivity contribution in [1.29, 1.82) is 0 Å². The van der Waals surface area contributed by atoms with Crippen molar-refractivity contribution in [3.63, 3.8) is 0 Å². The second-order valence-electron chi connectivity index (χ2n) is 3.27. The highest BCUT2D eigenvalue weighted by molar-refractivity contribution is 4.96. The van der Waals surface area contributed by atoms with Crippen LogP contribution in [-0.4, -0.2) is 36.0 Å². The van der Waals surface area contributed by atoms with Crippen LogP contribution in [0.5, 0.6) is 0 Å². The van der Waals surface area contributed by atoms with Crippen LogP contribution in [0, 0.1) is 0 Å². The SMILES string of the molecule is CN1C=CN2CCCC2C1.F. The van der Waals surface area contributed by atoms with Gasteiger partial charge in [-0.15, -0.1) is 0 Å². The summed E-state index contributed by atoms with van der Waals surface area (Å²) in [5.41, 5.74) is 0. The number of rotatable bonds is 0. The zero-order valence-electron chi connectivity index (χ0n) is 6.86. The van der Waals surface area contributed by atoms with E-state index in [1.54, 1.807) is 0 Å². The lowest BCUT2D eigenvalue weighted by Crippen LogP contribution is -2.37. The molecule has 2 nitrogen and oxygen atoms in total. The normalized spacial score (nSPS) is 28.3. The van der Waals surface area contributed by atoms with Crippen LogP contribution in [0.25, 0.3) is 0 Å². The second kappa shape index (κ2) is 3.11. The lowest BCUT2D eigenvalue weighted by Gasteiger charge is -2.31. The van der Waals surface area contributed by atoms with Crippen LogP contribution in [0.3, 0.4) is 0 Å². The van der Waals surface area contributed by atoms with E-state index < -0.39 is 0 Å². The monoisotopic (exact) mass is 158 g/mol. The van der Waals surface area contributed by atoms with Crippen LogP contribution in [0.15, 0.2) is 12.4 Å². The molecule has 0 spiro atoms. The Morgan fingerprint density at radius 3 is 3.00 bits per heavy atom. The topological polar surface area (TPSA) is 6.48 Å². The first-order valence-electron chi connectivity index (χ1n) is 4.00. The quantitative estimate of drug-likeness (QED) is 0.519. The lowest BCUT2D eigenvalue weighted by atomic mass is 10.2. The number of halogens is 1. The molecule has 0 saturated carbocycles. The molecule has 1 atom stereocenters. The highest BCUT2D eigenvalue weighted by Crippen LogP contribution is 2.20. The van der Waals surface area contributed by atoms with Gasteiger partial charge in [-0.1, -0.05) is 0 Å². The molecule has 1 fully saturated rings. The predicted octanol–water partition coefficient (Wildman–Crippen LogP) is 1.02. The maximum atomic E-state index is 2.46. The van der Waals surface area contributed by atoms with Crippen LogP contribution in [0.2, 0.25) is 0 Å². The summed E-state index contributed by atoms with van der Waals surface area (Å²) >= 11 is 0. The maximum Gasteiger partial charge on any atom is 0.0460 e. The molecule has 2 rings (SSSR count). The average Bonchev–Trinajstić information content (AvgIpc) is 2.33. The van der Waals surface area contributed by atoms with Crippen LogP contribution in [0.1, 0.15) is 12.8 Å². The van der Waals surface area contributed by atoms with Crippen LogP contribution in [-0.2, 0) is 0 Å². The second-order valence-corrected chi connectivity index (χ2v) is 3.27. The van der Waals surface area contributed by atoms with Crippen molar-refractivity contribution < 1.29 is 4.70 Å². The summed E-state index contributed by atoms with van der Waals surface area (Å²) in [5.74, 6) is 0. The molecule has 0 amide bonds. The fourth-order valence-corrected chi connectivity index (χ4v) is 1.84. The fraction of sp³-hybridized carbons (Fsp3) is 0.750. The minimum atomic E-state index is 0. The molecule has 0 aliphatic carbocycles. The Labute approximate surface area is 66.8 Å². The van der Waals surface area contributed by atoms with E-state index in [4.69, 9.17) is 0 Å². The minimum absolute atomic E-state index is 0. The van der Waals surface area contributed by atoms with Crippen molar-refractivity contribution in [3.8, 4) is 0 Å². The predicted molar refractivity (Wildman–Crippen MR) is 44.0 cm³/mol. The summed E-state index contributed by atoms with van der Waals surface area (Å²) < 4.78 is 0. The Morgan fingerprint density at radius 2 is 2.18 bits per heavy atom. The van der Waals surface area contributed by atoms with E-state index in [0.29, 0.717) is 0 Å². The smallest absolute Gasteiger partial charge is 0.0460 e. The van der Waals surface area contributed by atoms with Gasteiger partial charge in [0.25, 0.3) is 0 Å². The van der Waals surface area contributed by atoms with Crippen LogP contribution >= 0.6 is 0 Å². The van der Waals surface area contributed by atoms with E-state index in [0.717, 1.165) is 6.04 Å². The molecule has 2 heterocycles. The molecule has 0 aromatic carbocycles. The zero-order chi connectivity index (χ0) is 6.97. The van der Waals surface area contributed by atoms with Crippen molar-refractivity contribution in [2.24, 2.45) is 0 Å². The number of likely N-dealkylation sites (N-methyl/N-ethyl adjacent to an activating group) is 1. The van der Waals surface area contributed by atoms with Gasteiger partial charge in [0, 0.05) is 38.6 Å². The first kappa shape index (κ1) is 8.37. The number of nitrogens with zero attached hydrogens (tertiary/aromatic N) is 2. The minimum Gasteiger partial charge on any atom is -0.377 e. The van der Waals surface area contributed by atoms with Crippen molar-refractivity contribution in [2.45, 2.75) is 18.9 Å². The molecule has 0 aromatic heterocycles. The molecule has 11 heavy (non-hydrogen) atoms. The first-order chi connectivity index (χ1) is 4.86. The fourth-order valence-electron chi connectivity index (χ4n) is 1.84. The highest BCUT2D eigenvalue weighted by atomic mass is 19.0. The standard InChI is InChI=1S/C8H14N2.FH/c1-9-5-6-10-4-2-3-8(10)7-9;/h5-6,8H,2-4,7H2,1H3;1H. The largest absolute Gasteiger partial charge is 0.377 e. The average molecular weight is 158 g/mol. The zero-order valence-corrected chi connectivity index (χ0v) is 6.86. The molecule has 0 bridgehead atoms. The molecule has 2 aliphatic rings. The molecule has 0 N–H and O–H groups in total. The van der Waals surface area contributed by atoms with Gasteiger partial charge in [0.1, 0.15) is 0 Å². The summed E-state index contributed by atoms with van der Waals surface area (Å²) in [6, 6.07) is 0.815. The highest BCUT2D eigenvalue weighted by Gasteiger charge is 2.24.